The van der Waals surface area contributed by atoms with Gasteiger partial charge in [0.15, 0.2) is 0 Å². The van der Waals surface area contributed by atoms with Gasteiger partial charge in [-0.05, 0) is 0 Å². The van der Waals surface area contributed by atoms with E-state index < -0.39 is 0 Å². The Morgan fingerprint density at radius 3 is 2.79 bits per heavy atom. The van der Waals surface area contributed by atoms with Crippen molar-refractivity contribution in [1.29, 1.82) is 0 Å². The molecule has 0 saturated carbocycles. The lowest BCUT2D eigenvalue weighted by atomic mass is 10.2. The molecule has 1 atom stereocenters. The zero-order valence-corrected chi connectivity index (χ0v) is 9.35. The maximum absolute atomic E-state index is 4.05. The zero-order valence-electron chi connectivity index (χ0n) is 7.72. The summed E-state index contributed by atoms with van der Waals surface area (Å²) in [5, 5.41) is 10.8. The number of nitrogens with one attached hydrogen (secondary N) is 2. The molecule has 0 aromatic carbocycles. The van der Waals surface area contributed by atoms with E-state index in [0.29, 0.717) is 6.04 Å². The second-order valence-corrected chi connectivity index (χ2v) is 2.97. The van der Waals surface area contributed by atoms with Crippen molar-refractivity contribution < 1.29 is 0 Å². The molecule has 0 radical (unpaired) electrons. The van der Waals surface area contributed by atoms with Crippen LogP contribution in [0.5, 0.6) is 0 Å². The molecule has 1 fully saturated rings. The van der Waals surface area contributed by atoms with Crippen molar-refractivity contribution in [2.45, 2.75) is 12.6 Å². The summed E-state index contributed by atoms with van der Waals surface area (Å²) >= 11 is 0. The maximum Gasteiger partial charge on any atom is 0.137 e. The number of rotatable bonds is 2. The molecule has 5 nitrogen and oxygen atoms in total. The van der Waals surface area contributed by atoms with Gasteiger partial charge in [0.05, 0.1) is 6.54 Å². The van der Waals surface area contributed by atoms with Crippen LogP contribution in [0.15, 0.2) is 12.7 Å². The van der Waals surface area contributed by atoms with Gasteiger partial charge in [-0.2, -0.15) is 5.10 Å². The average Bonchev–Trinajstić information content (AvgIpc) is 2.59. The molecule has 2 N–H and O–H groups in total. The second-order valence-electron chi connectivity index (χ2n) is 2.97. The van der Waals surface area contributed by atoms with Crippen molar-refractivity contribution in [3.63, 3.8) is 0 Å². The first kappa shape index (κ1) is 13.6. The number of halogens is 2. The minimum atomic E-state index is 0. The topological polar surface area (TPSA) is 54.8 Å². The van der Waals surface area contributed by atoms with E-state index in [9.17, 15) is 0 Å². The Labute approximate surface area is 95.5 Å². The van der Waals surface area contributed by atoms with Gasteiger partial charge in [-0.1, -0.05) is 0 Å². The quantitative estimate of drug-likeness (QED) is 0.744. The Hall–Kier alpha value is -0.360. The number of aromatic nitrogens is 3. The first-order valence-corrected chi connectivity index (χ1v) is 4.21. The fourth-order valence-electron chi connectivity index (χ4n) is 1.40. The van der Waals surface area contributed by atoms with Crippen LogP contribution in [0.4, 0.5) is 0 Å². The van der Waals surface area contributed by atoms with Crippen LogP contribution in [-0.4, -0.2) is 40.4 Å². The highest BCUT2D eigenvalue weighted by atomic mass is 35.5. The van der Waals surface area contributed by atoms with E-state index in [1.165, 1.54) is 0 Å². The van der Waals surface area contributed by atoms with Crippen LogP contribution >= 0.6 is 24.8 Å². The lowest BCUT2D eigenvalue weighted by Gasteiger charge is -2.23. The molecule has 14 heavy (non-hydrogen) atoms. The molecule has 1 aromatic rings. The van der Waals surface area contributed by atoms with E-state index in [-0.39, 0.29) is 24.8 Å². The van der Waals surface area contributed by atoms with Crippen molar-refractivity contribution >= 4 is 24.8 Å². The molecule has 0 bridgehead atoms. The van der Waals surface area contributed by atoms with Gasteiger partial charge in [-0.15, -0.1) is 24.8 Å². The van der Waals surface area contributed by atoms with Crippen molar-refractivity contribution in [2.24, 2.45) is 0 Å². The molecule has 1 aromatic heterocycles. The van der Waals surface area contributed by atoms with Crippen LogP contribution in [0.1, 0.15) is 0 Å². The van der Waals surface area contributed by atoms with Gasteiger partial charge < -0.3 is 10.6 Å². The summed E-state index contributed by atoms with van der Waals surface area (Å²) in [5.41, 5.74) is 0. The summed E-state index contributed by atoms with van der Waals surface area (Å²) in [6.45, 7) is 4.01. The Morgan fingerprint density at radius 2 is 2.21 bits per heavy atom. The van der Waals surface area contributed by atoms with E-state index >= 15 is 0 Å². The molecule has 0 spiro atoms. The summed E-state index contributed by atoms with van der Waals surface area (Å²) in [6, 6.07) is 0.487. The molecule has 1 aliphatic rings. The highest BCUT2D eigenvalue weighted by Crippen LogP contribution is 1.91. The highest BCUT2D eigenvalue weighted by molar-refractivity contribution is 5.85. The number of hydrogen-bond acceptors (Lipinski definition) is 4. The Morgan fingerprint density at radius 1 is 1.36 bits per heavy atom. The first-order chi connectivity index (χ1) is 5.95. The van der Waals surface area contributed by atoms with E-state index in [0.717, 1.165) is 26.2 Å². The van der Waals surface area contributed by atoms with Crippen LogP contribution < -0.4 is 10.6 Å². The molecule has 7 heteroatoms. The van der Waals surface area contributed by atoms with Gasteiger partial charge in [0, 0.05) is 25.7 Å². The minimum absolute atomic E-state index is 0. The first-order valence-electron chi connectivity index (χ1n) is 4.21. The van der Waals surface area contributed by atoms with Gasteiger partial charge in [-0.3, -0.25) is 4.68 Å². The fourth-order valence-corrected chi connectivity index (χ4v) is 1.40. The molecular weight excluding hydrogens is 225 g/mol. The fraction of sp³-hybridized carbons (Fsp3) is 0.714. The zero-order chi connectivity index (χ0) is 8.23. The summed E-state index contributed by atoms with van der Waals surface area (Å²) < 4.78 is 1.85. The predicted molar refractivity (Wildman–Crippen MR) is 59.2 cm³/mol. The van der Waals surface area contributed by atoms with Crippen molar-refractivity contribution in [3.05, 3.63) is 12.7 Å². The summed E-state index contributed by atoms with van der Waals surface area (Å²) in [4.78, 5) is 3.89. The summed E-state index contributed by atoms with van der Waals surface area (Å²) in [5.74, 6) is 0. The molecule has 2 rings (SSSR count). The Bertz CT molecular complexity index is 222. The van der Waals surface area contributed by atoms with Crippen molar-refractivity contribution in [1.82, 2.24) is 25.4 Å². The largest absolute Gasteiger partial charge is 0.314 e. The third-order valence-corrected chi connectivity index (χ3v) is 2.00. The van der Waals surface area contributed by atoms with Crippen LogP contribution in [-0.2, 0) is 6.54 Å². The average molecular weight is 240 g/mol. The lowest BCUT2D eigenvalue weighted by molar-refractivity contribution is 0.366. The molecule has 82 valence electrons. The molecule has 1 aliphatic heterocycles. The Balaban J connectivity index is 0.000000845. The normalized spacial score (nSPS) is 20.7. The third kappa shape index (κ3) is 3.79. The summed E-state index contributed by atoms with van der Waals surface area (Å²) in [6.07, 6.45) is 3.31. The van der Waals surface area contributed by atoms with Crippen LogP contribution in [0.25, 0.3) is 0 Å². The van der Waals surface area contributed by atoms with Gasteiger partial charge >= 0.3 is 0 Å². The van der Waals surface area contributed by atoms with Gasteiger partial charge in [0.25, 0.3) is 0 Å². The lowest BCUT2D eigenvalue weighted by Crippen LogP contribution is -2.50. The number of piperazine rings is 1. The smallest absolute Gasteiger partial charge is 0.137 e. The predicted octanol–water partition coefficient (Wildman–Crippen LogP) is -0.317. The maximum atomic E-state index is 4.05. The number of hydrogen-bond donors (Lipinski definition) is 2. The molecular formula is C7H15Cl2N5. The van der Waals surface area contributed by atoms with E-state index in [4.69, 9.17) is 0 Å². The van der Waals surface area contributed by atoms with Crippen molar-refractivity contribution in [2.75, 3.05) is 19.6 Å². The molecule has 1 unspecified atom stereocenters. The standard InChI is InChI=1S/C7H13N5.2ClH/c1-2-10-7(3-8-1)4-12-6-9-5-11-12;;/h5-8,10H,1-4H2;2*1H. The van der Waals surface area contributed by atoms with Gasteiger partial charge in [0.1, 0.15) is 12.7 Å². The summed E-state index contributed by atoms with van der Waals surface area (Å²) in [7, 11) is 0. The Kier molecular flexibility index (Phi) is 6.82. The molecule has 1 saturated heterocycles. The van der Waals surface area contributed by atoms with Crippen LogP contribution in [0.3, 0.4) is 0 Å². The minimum Gasteiger partial charge on any atom is -0.314 e. The van der Waals surface area contributed by atoms with E-state index in [1.807, 2.05) is 4.68 Å². The monoisotopic (exact) mass is 239 g/mol. The molecule has 0 amide bonds. The van der Waals surface area contributed by atoms with Crippen LogP contribution in [0, 0.1) is 0 Å². The highest BCUT2D eigenvalue weighted by Gasteiger charge is 2.11. The van der Waals surface area contributed by atoms with Crippen LogP contribution in [0.2, 0.25) is 0 Å². The van der Waals surface area contributed by atoms with E-state index in [1.54, 1.807) is 12.7 Å². The SMILES string of the molecule is Cl.Cl.c1ncn(CC2CNCCN2)n1. The van der Waals surface area contributed by atoms with Gasteiger partial charge in [0.2, 0.25) is 0 Å². The third-order valence-electron chi connectivity index (χ3n) is 2.00. The van der Waals surface area contributed by atoms with Crippen molar-refractivity contribution in [3.8, 4) is 0 Å². The van der Waals surface area contributed by atoms with E-state index in [2.05, 4.69) is 20.7 Å². The molecule has 2 heterocycles. The number of nitrogens with zero attached hydrogens (tertiary/aromatic N) is 3. The molecule has 0 aliphatic carbocycles. The van der Waals surface area contributed by atoms with Gasteiger partial charge in [-0.25, -0.2) is 4.98 Å². The second kappa shape index (κ2) is 7.00.